The maximum atomic E-state index is 12.5. The molecule has 0 saturated carbocycles. The molecule has 0 aliphatic heterocycles. The van der Waals surface area contributed by atoms with Gasteiger partial charge in [0.15, 0.2) is 5.13 Å². The molecule has 1 atom stereocenters. The van der Waals surface area contributed by atoms with Gasteiger partial charge in [-0.15, -0.1) is 11.3 Å². The summed E-state index contributed by atoms with van der Waals surface area (Å²) >= 11 is 1.34. The van der Waals surface area contributed by atoms with E-state index in [1.807, 2.05) is 30.3 Å². The van der Waals surface area contributed by atoms with E-state index in [2.05, 4.69) is 20.3 Å². The lowest BCUT2D eigenvalue weighted by atomic mass is 10.1. The van der Waals surface area contributed by atoms with Gasteiger partial charge in [-0.25, -0.2) is 13.4 Å². The molecule has 2 amide bonds. The van der Waals surface area contributed by atoms with Crippen LogP contribution in [0.4, 0.5) is 10.8 Å². The van der Waals surface area contributed by atoms with Crippen molar-refractivity contribution in [3.63, 3.8) is 0 Å². The molecule has 1 heterocycles. The molecule has 0 aliphatic carbocycles. The number of benzene rings is 2. The molecule has 162 valence electrons. The van der Waals surface area contributed by atoms with Gasteiger partial charge < -0.3 is 10.6 Å². The molecule has 0 spiro atoms. The van der Waals surface area contributed by atoms with Crippen LogP contribution in [-0.4, -0.2) is 31.3 Å². The summed E-state index contributed by atoms with van der Waals surface area (Å²) < 4.78 is 27.4. The van der Waals surface area contributed by atoms with Crippen molar-refractivity contribution in [1.82, 2.24) is 9.71 Å². The highest BCUT2D eigenvalue weighted by atomic mass is 32.2. The van der Waals surface area contributed by atoms with Crippen LogP contribution in [0.15, 0.2) is 65.7 Å². The molecule has 8 nitrogen and oxygen atoms in total. The summed E-state index contributed by atoms with van der Waals surface area (Å²) in [6.07, 6.45) is 2.39. The lowest BCUT2D eigenvalue weighted by Gasteiger charge is -2.13. The van der Waals surface area contributed by atoms with Crippen LogP contribution in [0.2, 0.25) is 0 Å². The smallest absolute Gasteiger partial charge is 0.244 e. The normalized spacial score (nSPS) is 12.2. The summed E-state index contributed by atoms with van der Waals surface area (Å²) in [4.78, 5) is 28.7. The van der Waals surface area contributed by atoms with Crippen LogP contribution < -0.4 is 15.4 Å². The van der Waals surface area contributed by atoms with E-state index < -0.39 is 22.0 Å². The first kappa shape index (κ1) is 22.6. The zero-order valence-corrected chi connectivity index (χ0v) is 18.6. The van der Waals surface area contributed by atoms with E-state index in [0.717, 1.165) is 10.4 Å². The Labute approximate surface area is 184 Å². The highest BCUT2D eigenvalue weighted by Crippen LogP contribution is 2.21. The molecule has 2 aromatic carbocycles. The van der Waals surface area contributed by atoms with Gasteiger partial charge in [-0.05, 0) is 36.8 Å². The molecule has 10 heteroatoms. The highest BCUT2D eigenvalue weighted by Gasteiger charge is 2.23. The Kier molecular flexibility index (Phi) is 7.16. The minimum absolute atomic E-state index is 0.0133. The Hall–Kier alpha value is -3.08. The molecule has 0 unspecified atom stereocenters. The third-order valence-electron chi connectivity index (χ3n) is 4.22. The summed E-state index contributed by atoms with van der Waals surface area (Å²) in [7, 11) is -3.92. The average molecular weight is 459 g/mol. The molecular weight excluding hydrogens is 436 g/mol. The molecule has 0 saturated heterocycles. The number of nitrogens with one attached hydrogen (secondary N) is 3. The van der Waals surface area contributed by atoms with Gasteiger partial charge in [0.05, 0.1) is 10.9 Å². The van der Waals surface area contributed by atoms with Crippen molar-refractivity contribution in [3.8, 4) is 0 Å². The monoisotopic (exact) mass is 458 g/mol. The van der Waals surface area contributed by atoms with E-state index in [1.54, 1.807) is 6.20 Å². The largest absolute Gasteiger partial charge is 0.326 e. The van der Waals surface area contributed by atoms with E-state index in [-0.39, 0.29) is 10.8 Å². The third-order valence-corrected chi connectivity index (χ3v) is 6.68. The first-order valence-corrected chi connectivity index (χ1v) is 11.7. The summed E-state index contributed by atoms with van der Waals surface area (Å²) in [5, 5.41) is 5.61. The average Bonchev–Trinajstić information content (AvgIpc) is 3.15. The number of anilines is 2. The lowest BCUT2D eigenvalue weighted by Crippen LogP contribution is -2.41. The summed E-state index contributed by atoms with van der Waals surface area (Å²) in [5.74, 6) is -0.771. The van der Waals surface area contributed by atoms with Crippen LogP contribution in [0.3, 0.4) is 0 Å². The van der Waals surface area contributed by atoms with Crippen molar-refractivity contribution in [3.05, 3.63) is 71.2 Å². The maximum absolute atomic E-state index is 12.5. The van der Waals surface area contributed by atoms with Gasteiger partial charge >= 0.3 is 0 Å². The molecule has 3 aromatic rings. The highest BCUT2D eigenvalue weighted by molar-refractivity contribution is 7.89. The summed E-state index contributed by atoms with van der Waals surface area (Å²) in [6.45, 7) is 2.82. The van der Waals surface area contributed by atoms with Crippen LogP contribution in [0.1, 0.15) is 24.3 Å². The molecule has 0 radical (unpaired) electrons. The molecule has 31 heavy (non-hydrogen) atoms. The maximum Gasteiger partial charge on any atom is 0.244 e. The van der Waals surface area contributed by atoms with E-state index in [0.29, 0.717) is 17.2 Å². The second kappa shape index (κ2) is 9.82. The van der Waals surface area contributed by atoms with Gasteiger partial charge in [0.2, 0.25) is 21.8 Å². The molecule has 3 rings (SSSR count). The summed E-state index contributed by atoms with van der Waals surface area (Å²) in [6, 6.07) is 14.5. The Morgan fingerprint density at radius 3 is 2.35 bits per heavy atom. The Morgan fingerprint density at radius 1 is 1.03 bits per heavy atom. The number of thiazole rings is 1. The van der Waals surface area contributed by atoms with Crippen molar-refractivity contribution >= 4 is 44.0 Å². The van der Waals surface area contributed by atoms with Gasteiger partial charge in [0.25, 0.3) is 0 Å². The van der Waals surface area contributed by atoms with Crippen LogP contribution in [0, 0.1) is 0 Å². The van der Waals surface area contributed by atoms with E-state index in [9.17, 15) is 18.0 Å². The van der Waals surface area contributed by atoms with Gasteiger partial charge in [-0.3, -0.25) is 9.59 Å². The second-order valence-electron chi connectivity index (χ2n) is 6.83. The Bertz CT molecular complexity index is 1160. The van der Waals surface area contributed by atoms with Crippen molar-refractivity contribution in [2.45, 2.75) is 31.2 Å². The standard InChI is InChI=1S/C21H22N4O4S2/c1-14(25-31(28,29)19-10-8-17(9-11-19)23-15(2)26)20(27)24-21-22-13-18(30-21)12-16-6-4-3-5-7-16/h3-11,13-14,25H,12H2,1-2H3,(H,23,26)(H,22,24,27)/t14-/m0/s1. The fourth-order valence-electron chi connectivity index (χ4n) is 2.73. The number of amides is 2. The predicted molar refractivity (Wildman–Crippen MR) is 121 cm³/mol. The Balaban J connectivity index is 1.59. The number of nitrogens with zero attached hydrogens (tertiary/aromatic N) is 1. The number of hydrogen-bond donors (Lipinski definition) is 3. The number of hydrogen-bond acceptors (Lipinski definition) is 6. The number of sulfonamides is 1. The van der Waals surface area contributed by atoms with Gasteiger partial charge in [-0.2, -0.15) is 4.72 Å². The number of carbonyl (C=O) groups excluding carboxylic acids is 2. The number of aromatic nitrogens is 1. The minimum Gasteiger partial charge on any atom is -0.326 e. The molecule has 0 aliphatic rings. The SMILES string of the molecule is CC(=O)Nc1ccc(S(=O)(=O)N[C@@H](C)C(=O)Nc2ncc(Cc3ccccc3)s2)cc1. The lowest BCUT2D eigenvalue weighted by molar-refractivity contribution is -0.117. The fraction of sp³-hybridized carbons (Fsp3) is 0.190. The minimum atomic E-state index is -3.92. The topological polar surface area (TPSA) is 117 Å². The third kappa shape index (κ3) is 6.45. The molecule has 0 fully saturated rings. The first-order valence-electron chi connectivity index (χ1n) is 9.42. The van der Waals surface area contributed by atoms with Crippen LogP contribution in [0.25, 0.3) is 0 Å². The van der Waals surface area contributed by atoms with E-state index in [4.69, 9.17) is 0 Å². The molecular formula is C21H22N4O4S2. The van der Waals surface area contributed by atoms with E-state index >= 15 is 0 Å². The first-order chi connectivity index (χ1) is 14.7. The van der Waals surface area contributed by atoms with Gasteiger partial charge in [-0.1, -0.05) is 30.3 Å². The predicted octanol–water partition coefficient (Wildman–Crippen LogP) is 3.00. The number of rotatable bonds is 8. The van der Waals surface area contributed by atoms with Crippen LogP contribution >= 0.6 is 11.3 Å². The van der Waals surface area contributed by atoms with Crippen molar-refractivity contribution in [1.29, 1.82) is 0 Å². The zero-order valence-electron chi connectivity index (χ0n) is 17.0. The van der Waals surface area contributed by atoms with Crippen molar-refractivity contribution < 1.29 is 18.0 Å². The van der Waals surface area contributed by atoms with Crippen LogP contribution in [0.5, 0.6) is 0 Å². The fourth-order valence-corrected chi connectivity index (χ4v) is 4.79. The Morgan fingerprint density at radius 2 is 1.71 bits per heavy atom. The molecule has 0 bridgehead atoms. The second-order valence-corrected chi connectivity index (χ2v) is 9.66. The quantitative estimate of drug-likeness (QED) is 0.480. The summed E-state index contributed by atoms with van der Waals surface area (Å²) in [5.41, 5.74) is 1.61. The van der Waals surface area contributed by atoms with Crippen molar-refractivity contribution in [2.24, 2.45) is 0 Å². The van der Waals surface area contributed by atoms with E-state index in [1.165, 1.54) is 49.4 Å². The van der Waals surface area contributed by atoms with Gasteiger partial charge in [0, 0.05) is 30.1 Å². The zero-order chi connectivity index (χ0) is 22.4. The number of carbonyl (C=O) groups is 2. The van der Waals surface area contributed by atoms with Crippen molar-refractivity contribution in [2.75, 3.05) is 10.6 Å². The molecule has 3 N–H and O–H groups in total. The van der Waals surface area contributed by atoms with Gasteiger partial charge in [0.1, 0.15) is 0 Å². The van der Waals surface area contributed by atoms with Crippen LogP contribution in [-0.2, 0) is 26.0 Å². The molecule has 1 aromatic heterocycles.